The number of halogens is 1. The molecule has 0 radical (unpaired) electrons. The van der Waals surface area contributed by atoms with E-state index in [1.165, 1.54) is 0 Å². The molecule has 0 fully saturated rings. The van der Waals surface area contributed by atoms with Crippen LogP contribution in [0.3, 0.4) is 0 Å². The molecule has 0 saturated carbocycles. The summed E-state index contributed by atoms with van der Waals surface area (Å²) in [5.41, 5.74) is 5.23. The predicted molar refractivity (Wildman–Crippen MR) is 116 cm³/mol. The van der Waals surface area contributed by atoms with E-state index in [-0.39, 0.29) is 22.9 Å². The molecule has 0 spiro atoms. The number of nitrogens with zero attached hydrogens (tertiary/aromatic N) is 1. The maximum absolute atomic E-state index is 14.8. The van der Waals surface area contributed by atoms with Gasteiger partial charge in [0.05, 0.1) is 16.8 Å². The van der Waals surface area contributed by atoms with E-state index in [0.717, 1.165) is 34.4 Å². The van der Waals surface area contributed by atoms with Crippen molar-refractivity contribution in [1.82, 2.24) is 4.98 Å². The fourth-order valence-electron chi connectivity index (χ4n) is 4.09. The molecule has 3 heteroatoms. The zero-order chi connectivity index (χ0) is 20.8. The fraction of sp³-hybridized carbons (Fsp3) is 0.320. The quantitative estimate of drug-likeness (QED) is 0.732. The van der Waals surface area contributed by atoms with E-state index in [9.17, 15) is 9.50 Å². The lowest BCUT2D eigenvalue weighted by molar-refractivity contribution is 0.315. The van der Waals surface area contributed by atoms with Gasteiger partial charge in [0, 0.05) is 10.8 Å². The van der Waals surface area contributed by atoms with Crippen LogP contribution in [-0.4, -0.2) is 10.1 Å². The van der Waals surface area contributed by atoms with Crippen LogP contribution in [0.1, 0.15) is 55.9 Å². The van der Waals surface area contributed by atoms with Crippen LogP contribution in [0.2, 0.25) is 0 Å². The Morgan fingerprint density at radius 3 is 2.57 bits per heavy atom. The van der Waals surface area contributed by atoms with Gasteiger partial charge in [-0.25, -0.2) is 9.37 Å². The number of fused-ring (bicyclic) bond motifs is 3. The Labute approximate surface area is 166 Å². The van der Waals surface area contributed by atoms with Crippen molar-refractivity contribution in [2.45, 2.75) is 47.0 Å². The van der Waals surface area contributed by atoms with Crippen molar-refractivity contribution >= 4 is 18.4 Å². The van der Waals surface area contributed by atoms with Crippen LogP contribution in [0.5, 0.6) is 0 Å². The number of aliphatic hydroxyl groups excluding tert-OH is 1. The molecule has 0 amide bonds. The lowest BCUT2D eigenvalue weighted by Gasteiger charge is -2.37. The zero-order valence-electron chi connectivity index (χ0n) is 17.4. The maximum Gasteiger partial charge on any atom is 0.127 e. The van der Waals surface area contributed by atoms with Gasteiger partial charge in [-0.1, -0.05) is 52.2 Å². The highest BCUT2D eigenvalue weighted by Crippen LogP contribution is 2.47. The van der Waals surface area contributed by atoms with E-state index in [4.69, 9.17) is 4.98 Å². The van der Waals surface area contributed by atoms with E-state index in [0.29, 0.717) is 16.1 Å². The molecule has 1 aliphatic carbocycles. The van der Waals surface area contributed by atoms with Gasteiger partial charge in [-0.2, -0.15) is 0 Å². The van der Waals surface area contributed by atoms with Crippen molar-refractivity contribution in [2.24, 2.45) is 5.41 Å². The number of allylic oxidation sites excluding steroid dienone is 2. The largest absolute Gasteiger partial charge is 0.512 e. The van der Waals surface area contributed by atoms with Gasteiger partial charge >= 0.3 is 0 Å². The molecule has 1 heterocycles. The first-order chi connectivity index (χ1) is 13.1. The number of aliphatic hydroxyl groups is 1. The van der Waals surface area contributed by atoms with Gasteiger partial charge in [-0.3, -0.25) is 0 Å². The van der Waals surface area contributed by atoms with Crippen molar-refractivity contribution in [3.63, 3.8) is 0 Å². The molecule has 1 atom stereocenters. The van der Waals surface area contributed by atoms with E-state index in [2.05, 4.69) is 33.9 Å². The summed E-state index contributed by atoms with van der Waals surface area (Å²) in [7, 11) is 0. The molecule has 28 heavy (non-hydrogen) atoms. The first kappa shape index (κ1) is 20.1. The lowest BCUT2D eigenvalue weighted by atomic mass is 9.67. The van der Waals surface area contributed by atoms with E-state index in [1.54, 1.807) is 19.1 Å². The summed E-state index contributed by atoms with van der Waals surface area (Å²) in [5, 5.41) is 11.2. The fourth-order valence-corrected chi connectivity index (χ4v) is 4.09. The van der Waals surface area contributed by atoms with Crippen LogP contribution in [0, 0.1) is 18.2 Å². The number of hydrogen-bond acceptors (Lipinski definition) is 2. The lowest BCUT2D eigenvalue weighted by Crippen LogP contribution is -2.34. The SMILES string of the molecule is C=C/C=C\c1c(C)c(F)cc2c1CC(C(C)(C)C)c1cc(=C(C)O)c(=C)nc1-2. The predicted octanol–water partition coefficient (Wildman–Crippen LogP) is 5.18. The normalized spacial score (nSPS) is 17.3. The number of rotatable bonds is 2. The molecule has 1 unspecified atom stereocenters. The Morgan fingerprint density at radius 2 is 2.00 bits per heavy atom. The molecule has 2 nitrogen and oxygen atoms in total. The van der Waals surface area contributed by atoms with Crippen LogP contribution in [0.4, 0.5) is 4.39 Å². The smallest absolute Gasteiger partial charge is 0.127 e. The minimum Gasteiger partial charge on any atom is -0.512 e. The van der Waals surface area contributed by atoms with Crippen molar-refractivity contribution < 1.29 is 9.50 Å². The molecule has 1 aliphatic rings. The van der Waals surface area contributed by atoms with Gasteiger partial charge < -0.3 is 5.11 Å². The standard InChI is InChI=1S/C25H28FNO/c1-8-9-10-17-14(2)23(26)13-20-19(17)12-22(25(5,6)7)21-11-18(16(4)28)15(3)27-24(20)21/h8-11,13,22,28H,1,3,12H2,2,4-7H3/b10-9-,18-16?. The van der Waals surface area contributed by atoms with Crippen molar-refractivity contribution in [2.75, 3.05) is 0 Å². The second-order valence-electron chi connectivity index (χ2n) is 8.65. The average molecular weight is 378 g/mol. The minimum absolute atomic E-state index is 0.0286. The summed E-state index contributed by atoms with van der Waals surface area (Å²) >= 11 is 0. The van der Waals surface area contributed by atoms with E-state index >= 15 is 0 Å². The molecule has 2 aromatic rings. The van der Waals surface area contributed by atoms with Crippen molar-refractivity contribution in [3.8, 4) is 11.3 Å². The van der Waals surface area contributed by atoms with E-state index < -0.39 is 0 Å². The number of hydrogen-bond donors (Lipinski definition) is 1. The van der Waals surface area contributed by atoms with Crippen molar-refractivity contribution in [3.05, 3.63) is 69.5 Å². The highest BCUT2D eigenvalue weighted by molar-refractivity contribution is 5.77. The van der Waals surface area contributed by atoms with Gasteiger partial charge in [0.25, 0.3) is 0 Å². The highest BCUT2D eigenvalue weighted by atomic mass is 19.1. The Kier molecular flexibility index (Phi) is 5.05. The van der Waals surface area contributed by atoms with Crippen LogP contribution in [-0.2, 0) is 6.42 Å². The summed E-state index contributed by atoms with van der Waals surface area (Å²) in [6.45, 7) is 17.8. The summed E-state index contributed by atoms with van der Waals surface area (Å²) in [6, 6.07) is 3.57. The van der Waals surface area contributed by atoms with Gasteiger partial charge in [-0.05, 0) is 66.0 Å². The average Bonchev–Trinajstić information content (AvgIpc) is 2.60. The molecule has 1 N–H and O–H groups in total. The number of benzene rings is 1. The Balaban J connectivity index is 2.46. The monoisotopic (exact) mass is 377 g/mol. The molecule has 1 aromatic carbocycles. The number of pyridine rings is 1. The van der Waals surface area contributed by atoms with Gasteiger partial charge in [0.2, 0.25) is 0 Å². The van der Waals surface area contributed by atoms with Crippen LogP contribution in [0.25, 0.3) is 29.7 Å². The van der Waals surface area contributed by atoms with Crippen LogP contribution >= 0.6 is 0 Å². The third-order valence-corrected chi connectivity index (χ3v) is 5.69. The van der Waals surface area contributed by atoms with E-state index in [1.807, 2.05) is 25.1 Å². The highest BCUT2D eigenvalue weighted by Gasteiger charge is 2.35. The summed E-state index contributed by atoms with van der Waals surface area (Å²) < 4.78 is 14.8. The second kappa shape index (κ2) is 7.05. The molecular formula is C25H28FNO. The molecular weight excluding hydrogens is 349 g/mol. The molecule has 1 aromatic heterocycles. The third kappa shape index (κ3) is 3.30. The van der Waals surface area contributed by atoms with Gasteiger partial charge in [0.1, 0.15) is 5.82 Å². The maximum atomic E-state index is 14.8. The molecule has 146 valence electrons. The summed E-state index contributed by atoms with van der Waals surface area (Å²) in [6.07, 6.45) is 6.26. The summed E-state index contributed by atoms with van der Waals surface area (Å²) in [4.78, 5) is 4.73. The Bertz CT molecular complexity index is 1100. The molecule has 0 saturated heterocycles. The first-order valence-corrected chi connectivity index (χ1v) is 9.57. The molecule has 3 rings (SSSR count). The Morgan fingerprint density at radius 1 is 1.32 bits per heavy atom. The van der Waals surface area contributed by atoms with Crippen LogP contribution in [0.15, 0.2) is 30.9 Å². The molecule has 0 aliphatic heterocycles. The summed E-state index contributed by atoms with van der Waals surface area (Å²) in [5.74, 6) is 0.134. The topological polar surface area (TPSA) is 33.1 Å². The number of aromatic nitrogens is 1. The van der Waals surface area contributed by atoms with Crippen molar-refractivity contribution in [1.29, 1.82) is 0 Å². The zero-order valence-corrected chi connectivity index (χ0v) is 17.4. The second-order valence-corrected chi connectivity index (χ2v) is 8.65. The molecule has 0 bridgehead atoms. The first-order valence-electron chi connectivity index (χ1n) is 9.57. The third-order valence-electron chi connectivity index (χ3n) is 5.69. The van der Waals surface area contributed by atoms with Gasteiger partial charge in [-0.15, -0.1) is 0 Å². The van der Waals surface area contributed by atoms with Gasteiger partial charge in [0.15, 0.2) is 0 Å². The Hall–Kier alpha value is -2.68. The van der Waals surface area contributed by atoms with Crippen LogP contribution < -0.4 is 10.6 Å². The minimum atomic E-state index is -0.246.